The van der Waals surface area contributed by atoms with Gasteiger partial charge in [0.1, 0.15) is 0 Å². The highest BCUT2D eigenvalue weighted by atomic mass is 15.0. The van der Waals surface area contributed by atoms with Gasteiger partial charge in [0.25, 0.3) is 0 Å². The van der Waals surface area contributed by atoms with E-state index in [2.05, 4.69) is 55.5 Å². The molecule has 0 amide bonds. The van der Waals surface area contributed by atoms with E-state index >= 15 is 0 Å². The van der Waals surface area contributed by atoms with Crippen molar-refractivity contribution in [1.29, 1.82) is 0 Å². The van der Waals surface area contributed by atoms with Crippen LogP contribution in [0, 0.1) is 0 Å². The Hall–Kier alpha value is -0.860. The van der Waals surface area contributed by atoms with Crippen LogP contribution in [0.4, 0.5) is 0 Å². The molecule has 2 heteroatoms. The van der Waals surface area contributed by atoms with Gasteiger partial charge in [-0.05, 0) is 44.7 Å². The SMILES string of the molecule is CCNCCc1ccccc1CN(C)C. The normalized spacial score (nSPS) is 10.9. The molecule has 0 saturated carbocycles. The van der Waals surface area contributed by atoms with Crippen molar-refractivity contribution in [3.8, 4) is 0 Å². The quantitative estimate of drug-likeness (QED) is 0.715. The van der Waals surface area contributed by atoms with Crippen LogP contribution in [0.3, 0.4) is 0 Å². The molecule has 1 N–H and O–H groups in total. The number of rotatable bonds is 6. The summed E-state index contributed by atoms with van der Waals surface area (Å²) in [6.07, 6.45) is 1.12. The summed E-state index contributed by atoms with van der Waals surface area (Å²) in [4.78, 5) is 2.21. The Labute approximate surface area is 93.3 Å². The number of likely N-dealkylation sites (N-methyl/N-ethyl adjacent to an activating group) is 1. The van der Waals surface area contributed by atoms with Crippen molar-refractivity contribution in [2.24, 2.45) is 0 Å². The first-order valence-corrected chi connectivity index (χ1v) is 5.66. The third kappa shape index (κ3) is 4.45. The maximum Gasteiger partial charge on any atom is 0.0230 e. The molecular formula is C13H22N2. The molecule has 0 radical (unpaired) electrons. The van der Waals surface area contributed by atoms with Crippen LogP contribution in [-0.2, 0) is 13.0 Å². The molecule has 0 atom stereocenters. The largest absolute Gasteiger partial charge is 0.317 e. The number of nitrogens with zero attached hydrogens (tertiary/aromatic N) is 1. The summed E-state index contributed by atoms with van der Waals surface area (Å²) >= 11 is 0. The third-order valence-electron chi connectivity index (χ3n) is 2.43. The van der Waals surface area contributed by atoms with Crippen LogP contribution in [0.25, 0.3) is 0 Å². The Balaban J connectivity index is 2.60. The minimum Gasteiger partial charge on any atom is -0.317 e. The van der Waals surface area contributed by atoms with Crippen LogP contribution in [0.1, 0.15) is 18.1 Å². The van der Waals surface area contributed by atoms with E-state index in [0.717, 1.165) is 26.1 Å². The van der Waals surface area contributed by atoms with Gasteiger partial charge >= 0.3 is 0 Å². The molecule has 1 aromatic rings. The van der Waals surface area contributed by atoms with Gasteiger partial charge in [-0.2, -0.15) is 0 Å². The van der Waals surface area contributed by atoms with Crippen molar-refractivity contribution >= 4 is 0 Å². The minimum atomic E-state index is 1.03. The Morgan fingerprint density at radius 1 is 1.13 bits per heavy atom. The number of hydrogen-bond donors (Lipinski definition) is 1. The van der Waals surface area contributed by atoms with Gasteiger partial charge in [-0.15, -0.1) is 0 Å². The van der Waals surface area contributed by atoms with Crippen LogP contribution in [0.5, 0.6) is 0 Å². The highest BCUT2D eigenvalue weighted by Gasteiger charge is 2.01. The van der Waals surface area contributed by atoms with Gasteiger partial charge in [0, 0.05) is 6.54 Å². The lowest BCUT2D eigenvalue weighted by atomic mass is 10.0. The second kappa shape index (κ2) is 6.59. The fourth-order valence-electron chi connectivity index (χ4n) is 1.70. The molecule has 2 nitrogen and oxygen atoms in total. The second-order valence-corrected chi connectivity index (χ2v) is 4.11. The predicted octanol–water partition coefficient (Wildman–Crippen LogP) is 1.90. The third-order valence-corrected chi connectivity index (χ3v) is 2.43. The molecule has 1 rings (SSSR count). The van der Waals surface area contributed by atoms with Gasteiger partial charge < -0.3 is 10.2 Å². The molecule has 0 bridgehead atoms. The lowest BCUT2D eigenvalue weighted by Gasteiger charge is -2.14. The zero-order valence-corrected chi connectivity index (χ0v) is 10.1. The Morgan fingerprint density at radius 3 is 2.40 bits per heavy atom. The van der Waals surface area contributed by atoms with E-state index in [1.54, 1.807) is 0 Å². The lowest BCUT2D eigenvalue weighted by molar-refractivity contribution is 0.401. The van der Waals surface area contributed by atoms with Gasteiger partial charge in [0.15, 0.2) is 0 Å². The van der Waals surface area contributed by atoms with Crippen molar-refractivity contribution in [3.63, 3.8) is 0 Å². The summed E-state index contributed by atoms with van der Waals surface area (Å²) in [7, 11) is 4.22. The summed E-state index contributed by atoms with van der Waals surface area (Å²) in [5, 5.41) is 3.36. The zero-order chi connectivity index (χ0) is 11.1. The highest BCUT2D eigenvalue weighted by molar-refractivity contribution is 5.27. The molecular weight excluding hydrogens is 184 g/mol. The summed E-state index contributed by atoms with van der Waals surface area (Å²) in [6, 6.07) is 8.70. The molecule has 0 heterocycles. The monoisotopic (exact) mass is 206 g/mol. The maximum atomic E-state index is 3.36. The van der Waals surface area contributed by atoms with Crippen molar-refractivity contribution in [2.45, 2.75) is 19.9 Å². The topological polar surface area (TPSA) is 15.3 Å². The Bertz CT molecular complexity index is 282. The van der Waals surface area contributed by atoms with Crippen LogP contribution in [0.2, 0.25) is 0 Å². The Morgan fingerprint density at radius 2 is 1.80 bits per heavy atom. The molecule has 0 fully saturated rings. The van der Waals surface area contributed by atoms with E-state index in [0.29, 0.717) is 0 Å². The van der Waals surface area contributed by atoms with Crippen molar-refractivity contribution in [3.05, 3.63) is 35.4 Å². The van der Waals surface area contributed by atoms with E-state index in [-0.39, 0.29) is 0 Å². The summed E-state index contributed by atoms with van der Waals surface area (Å²) < 4.78 is 0. The Kier molecular flexibility index (Phi) is 5.37. The maximum absolute atomic E-state index is 3.36. The van der Waals surface area contributed by atoms with Crippen LogP contribution < -0.4 is 5.32 Å². The van der Waals surface area contributed by atoms with Crippen molar-refractivity contribution in [2.75, 3.05) is 27.2 Å². The average Bonchev–Trinajstić information content (AvgIpc) is 2.20. The summed E-state index contributed by atoms with van der Waals surface area (Å²) in [6.45, 7) is 5.30. The smallest absolute Gasteiger partial charge is 0.0230 e. The average molecular weight is 206 g/mol. The zero-order valence-electron chi connectivity index (χ0n) is 10.1. The van der Waals surface area contributed by atoms with E-state index in [1.807, 2.05) is 0 Å². The number of benzene rings is 1. The van der Waals surface area contributed by atoms with E-state index in [4.69, 9.17) is 0 Å². The van der Waals surface area contributed by atoms with Gasteiger partial charge in [0.05, 0.1) is 0 Å². The molecule has 0 spiro atoms. The van der Waals surface area contributed by atoms with Gasteiger partial charge in [-0.1, -0.05) is 31.2 Å². The minimum absolute atomic E-state index is 1.03. The first-order chi connectivity index (χ1) is 7.24. The predicted molar refractivity (Wildman–Crippen MR) is 66.1 cm³/mol. The first kappa shape index (κ1) is 12.2. The fraction of sp³-hybridized carbons (Fsp3) is 0.538. The number of hydrogen-bond acceptors (Lipinski definition) is 2. The second-order valence-electron chi connectivity index (χ2n) is 4.11. The van der Waals surface area contributed by atoms with E-state index < -0.39 is 0 Å². The van der Waals surface area contributed by atoms with Crippen LogP contribution in [-0.4, -0.2) is 32.1 Å². The standard InChI is InChI=1S/C13H22N2/c1-4-14-10-9-12-7-5-6-8-13(12)11-15(2)3/h5-8,14H,4,9-11H2,1-3H3. The van der Waals surface area contributed by atoms with Gasteiger partial charge in [-0.25, -0.2) is 0 Å². The molecule has 0 aliphatic carbocycles. The van der Waals surface area contributed by atoms with E-state index in [1.165, 1.54) is 11.1 Å². The highest BCUT2D eigenvalue weighted by Crippen LogP contribution is 2.10. The molecule has 0 unspecified atom stereocenters. The molecule has 0 aromatic heterocycles. The summed E-state index contributed by atoms with van der Waals surface area (Å²) in [5.74, 6) is 0. The fourth-order valence-corrected chi connectivity index (χ4v) is 1.70. The van der Waals surface area contributed by atoms with Gasteiger partial charge in [0.2, 0.25) is 0 Å². The molecule has 0 aliphatic rings. The number of nitrogens with one attached hydrogen (secondary N) is 1. The van der Waals surface area contributed by atoms with Crippen LogP contribution in [0.15, 0.2) is 24.3 Å². The molecule has 0 saturated heterocycles. The van der Waals surface area contributed by atoms with Crippen molar-refractivity contribution < 1.29 is 0 Å². The molecule has 15 heavy (non-hydrogen) atoms. The van der Waals surface area contributed by atoms with E-state index in [9.17, 15) is 0 Å². The molecule has 0 aliphatic heterocycles. The van der Waals surface area contributed by atoms with Crippen molar-refractivity contribution in [1.82, 2.24) is 10.2 Å². The summed E-state index contributed by atoms with van der Waals surface area (Å²) in [5.41, 5.74) is 2.91. The lowest BCUT2D eigenvalue weighted by Crippen LogP contribution is -2.18. The first-order valence-electron chi connectivity index (χ1n) is 5.66. The molecule has 84 valence electrons. The molecule has 1 aromatic carbocycles. The van der Waals surface area contributed by atoms with Gasteiger partial charge in [-0.3, -0.25) is 0 Å². The van der Waals surface area contributed by atoms with Crippen LogP contribution >= 0.6 is 0 Å².